The number of fused-ring (bicyclic) bond motifs is 5. The molecule has 4 aliphatic rings. The standard InChI is InChI=1S/C21H34O4/c1-12(22)25-18-5-4-15-19-16(7-9-21(15,18)3)20(2)8-6-14(23)10-13(20)11-17(19)24/h13-19,23-24H,4-11H2,1-3H3/t13-,14+,15+,16+,17-,18+,19+,20+,21+/m1/s1. The van der Waals surface area contributed by atoms with Crippen molar-refractivity contribution in [3.63, 3.8) is 0 Å². The molecular weight excluding hydrogens is 316 g/mol. The third-order valence-electron chi connectivity index (χ3n) is 8.88. The minimum absolute atomic E-state index is 0.0156. The molecule has 142 valence electrons. The maximum atomic E-state index is 11.5. The second kappa shape index (κ2) is 5.95. The molecule has 0 aliphatic heterocycles. The average molecular weight is 350 g/mol. The lowest BCUT2D eigenvalue weighted by Gasteiger charge is -2.62. The molecule has 4 nitrogen and oxygen atoms in total. The molecule has 0 spiro atoms. The first-order valence-corrected chi connectivity index (χ1v) is 10.3. The first kappa shape index (κ1) is 17.8. The third kappa shape index (κ3) is 2.58. The van der Waals surface area contributed by atoms with E-state index in [1.807, 2.05) is 0 Å². The Morgan fingerprint density at radius 3 is 2.36 bits per heavy atom. The molecule has 0 radical (unpaired) electrons. The summed E-state index contributed by atoms with van der Waals surface area (Å²) in [7, 11) is 0. The van der Waals surface area contributed by atoms with E-state index in [1.165, 1.54) is 6.92 Å². The van der Waals surface area contributed by atoms with Gasteiger partial charge in [0.2, 0.25) is 0 Å². The summed E-state index contributed by atoms with van der Waals surface area (Å²) >= 11 is 0. The highest BCUT2D eigenvalue weighted by molar-refractivity contribution is 5.66. The van der Waals surface area contributed by atoms with Crippen LogP contribution < -0.4 is 0 Å². The van der Waals surface area contributed by atoms with E-state index >= 15 is 0 Å². The van der Waals surface area contributed by atoms with Gasteiger partial charge in [-0.15, -0.1) is 0 Å². The maximum Gasteiger partial charge on any atom is 0.302 e. The zero-order chi connectivity index (χ0) is 18.0. The predicted octanol–water partition coefficient (Wildman–Crippen LogP) is 3.29. The van der Waals surface area contributed by atoms with Gasteiger partial charge in [-0.1, -0.05) is 13.8 Å². The monoisotopic (exact) mass is 350 g/mol. The van der Waals surface area contributed by atoms with Crippen molar-refractivity contribution in [1.29, 1.82) is 0 Å². The molecule has 0 aromatic carbocycles. The van der Waals surface area contributed by atoms with Crippen LogP contribution >= 0.6 is 0 Å². The highest BCUT2D eigenvalue weighted by Gasteiger charge is 2.63. The molecule has 25 heavy (non-hydrogen) atoms. The highest BCUT2D eigenvalue weighted by atomic mass is 16.5. The van der Waals surface area contributed by atoms with E-state index in [0.29, 0.717) is 23.7 Å². The number of carbonyl (C=O) groups is 1. The third-order valence-corrected chi connectivity index (χ3v) is 8.88. The first-order chi connectivity index (χ1) is 11.8. The fourth-order valence-corrected chi connectivity index (χ4v) is 7.55. The topological polar surface area (TPSA) is 66.8 Å². The second-order valence-corrected chi connectivity index (χ2v) is 9.94. The number of carbonyl (C=O) groups excluding carboxylic acids is 1. The van der Waals surface area contributed by atoms with Crippen molar-refractivity contribution in [1.82, 2.24) is 0 Å². The Hall–Kier alpha value is -0.610. The molecule has 0 heterocycles. The fraction of sp³-hybridized carbons (Fsp3) is 0.952. The summed E-state index contributed by atoms with van der Waals surface area (Å²) in [5.74, 6) is 1.60. The van der Waals surface area contributed by atoms with Crippen LogP contribution in [-0.4, -0.2) is 34.5 Å². The van der Waals surface area contributed by atoms with E-state index in [2.05, 4.69) is 13.8 Å². The van der Waals surface area contributed by atoms with E-state index in [1.54, 1.807) is 0 Å². The average Bonchev–Trinajstić information content (AvgIpc) is 2.85. The number of aliphatic hydroxyl groups is 2. The summed E-state index contributed by atoms with van der Waals surface area (Å²) in [6.45, 7) is 6.23. The van der Waals surface area contributed by atoms with Crippen LogP contribution in [0.5, 0.6) is 0 Å². The molecule has 0 aromatic heterocycles. The van der Waals surface area contributed by atoms with Gasteiger partial charge in [-0.25, -0.2) is 0 Å². The zero-order valence-electron chi connectivity index (χ0n) is 15.9. The fourth-order valence-electron chi connectivity index (χ4n) is 7.55. The Bertz CT molecular complexity index is 548. The van der Waals surface area contributed by atoms with Crippen molar-refractivity contribution < 1.29 is 19.7 Å². The Morgan fingerprint density at radius 2 is 1.64 bits per heavy atom. The Morgan fingerprint density at radius 1 is 0.960 bits per heavy atom. The number of hydrogen-bond acceptors (Lipinski definition) is 4. The maximum absolute atomic E-state index is 11.5. The van der Waals surface area contributed by atoms with Crippen molar-refractivity contribution in [2.45, 2.75) is 90.4 Å². The zero-order valence-corrected chi connectivity index (χ0v) is 15.9. The molecule has 4 rings (SSSR count). The normalized spacial score (nSPS) is 55.0. The van der Waals surface area contributed by atoms with Crippen LogP contribution in [0.3, 0.4) is 0 Å². The van der Waals surface area contributed by atoms with Crippen LogP contribution in [0.4, 0.5) is 0 Å². The molecule has 0 aromatic rings. The van der Waals surface area contributed by atoms with Gasteiger partial charge < -0.3 is 14.9 Å². The Kier molecular flexibility index (Phi) is 4.23. The molecule has 9 atom stereocenters. The quantitative estimate of drug-likeness (QED) is 0.712. The summed E-state index contributed by atoms with van der Waals surface area (Å²) in [5.41, 5.74) is 0.273. The Labute approximate surface area is 151 Å². The van der Waals surface area contributed by atoms with E-state index in [4.69, 9.17) is 4.74 Å². The van der Waals surface area contributed by atoms with Gasteiger partial charge in [0.25, 0.3) is 0 Å². The molecule has 0 amide bonds. The van der Waals surface area contributed by atoms with E-state index in [-0.39, 0.29) is 35.1 Å². The van der Waals surface area contributed by atoms with Gasteiger partial charge in [0.15, 0.2) is 0 Å². The Balaban J connectivity index is 1.62. The molecule has 4 aliphatic carbocycles. The van der Waals surface area contributed by atoms with Crippen molar-refractivity contribution in [2.24, 2.45) is 34.5 Å². The largest absolute Gasteiger partial charge is 0.462 e. The van der Waals surface area contributed by atoms with Crippen LogP contribution in [0.15, 0.2) is 0 Å². The summed E-state index contributed by atoms with van der Waals surface area (Å²) in [4.78, 5) is 11.5. The smallest absolute Gasteiger partial charge is 0.302 e. The van der Waals surface area contributed by atoms with Crippen molar-refractivity contribution in [3.8, 4) is 0 Å². The van der Waals surface area contributed by atoms with Gasteiger partial charge in [-0.3, -0.25) is 4.79 Å². The van der Waals surface area contributed by atoms with Gasteiger partial charge >= 0.3 is 5.97 Å². The number of aliphatic hydroxyl groups excluding tert-OH is 2. The van der Waals surface area contributed by atoms with Crippen LogP contribution in [0, 0.1) is 34.5 Å². The number of rotatable bonds is 1. The van der Waals surface area contributed by atoms with Gasteiger partial charge in [0.1, 0.15) is 6.10 Å². The molecule has 4 saturated carbocycles. The van der Waals surface area contributed by atoms with Crippen LogP contribution in [-0.2, 0) is 9.53 Å². The molecular formula is C21H34O4. The van der Waals surface area contributed by atoms with Crippen LogP contribution in [0.2, 0.25) is 0 Å². The lowest BCUT2D eigenvalue weighted by atomic mass is 9.44. The molecule has 4 heteroatoms. The van der Waals surface area contributed by atoms with E-state index in [9.17, 15) is 15.0 Å². The molecule has 0 saturated heterocycles. The number of esters is 1. The molecule has 0 unspecified atom stereocenters. The van der Waals surface area contributed by atoms with E-state index < -0.39 is 0 Å². The first-order valence-electron chi connectivity index (χ1n) is 10.3. The molecule has 4 fully saturated rings. The van der Waals surface area contributed by atoms with Gasteiger partial charge in [0, 0.05) is 12.3 Å². The highest BCUT2D eigenvalue weighted by Crippen LogP contribution is 2.66. The van der Waals surface area contributed by atoms with E-state index in [0.717, 1.165) is 51.4 Å². The van der Waals surface area contributed by atoms with Gasteiger partial charge in [0.05, 0.1) is 12.2 Å². The number of hydrogen-bond donors (Lipinski definition) is 2. The lowest BCUT2D eigenvalue weighted by Crippen LogP contribution is -2.59. The minimum Gasteiger partial charge on any atom is -0.462 e. The van der Waals surface area contributed by atoms with Crippen molar-refractivity contribution in [2.75, 3.05) is 0 Å². The summed E-state index contributed by atoms with van der Waals surface area (Å²) in [5, 5.41) is 21.2. The predicted molar refractivity (Wildman–Crippen MR) is 94.7 cm³/mol. The minimum atomic E-state index is -0.269. The summed E-state index contributed by atoms with van der Waals surface area (Å²) in [6.07, 6.45) is 7.46. The molecule has 2 N–H and O–H groups in total. The summed E-state index contributed by atoms with van der Waals surface area (Å²) < 4.78 is 5.69. The SMILES string of the molecule is CC(=O)O[C@H]1CC[C@H]2[C@@H]3[C@H](O)C[C@H]4C[C@@H](O)CC[C@]4(C)[C@H]3CC[C@]12C. The van der Waals surface area contributed by atoms with Crippen molar-refractivity contribution in [3.05, 3.63) is 0 Å². The van der Waals surface area contributed by atoms with Crippen molar-refractivity contribution >= 4 is 5.97 Å². The lowest BCUT2D eigenvalue weighted by molar-refractivity contribution is -0.184. The van der Waals surface area contributed by atoms with Gasteiger partial charge in [-0.2, -0.15) is 0 Å². The second-order valence-electron chi connectivity index (χ2n) is 9.94. The van der Waals surface area contributed by atoms with Crippen LogP contribution in [0.25, 0.3) is 0 Å². The van der Waals surface area contributed by atoms with Gasteiger partial charge in [-0.05, 0) is 80.5 Å². The molecule has 0 bridgehead atoms. The van der Waals surface area contributed by atoms with Crippen LogP contribution in [0.1, 0.15) is 72.1 Å². The number of ether oxygens (including phenoxy) is 1. The summed E-state index contributed by atoms with van der Waals surface area (Å²) in [6, 6.07) is 0.